The van der Waals surface area contributed by atoms with Crippen molar-refractivity contribution in [3.05, 3.63) is 33.9 Å². The van der Waals surface area contributed by atoms with Crippen LogP contribution < -0.4 is 0 Å². The number of hydrogen-bond donors (Lipinski definition) is 0. The van der Waals surface area contributed by atoms with Gasteiger partial charge < -0.3 is 4.90 Å². The molecule has 0 N–H and O–H groups in total. The van der Waals surface area contributed by atoms with E-state index in [-0.39, 0.29) is 29.6 Å². The third kappa shape index (κ3) is 3.73. The molecule has 1 heterocycles. The van der Waals surface area contributed by atoms with E-state index in [0.29, 0.717) is 25.1 Å². The van der Waals surface area contributed by atoms with Crippen molar-refractivity contribution >= 4 is 21.6 Å². The molecule has 0 unspecified atom stereocenters. The van der Waals surface area contributed by atoms with Gasteiger partial charge in [0.15, 0.2) is 0 Å². The van der Waals surface area contributed by atoms with Crippen LogP contribution in [0.4, 0.5) is 5.69 Å². The predicted octanol–water partition coefficient (Wildman–Crippen LogP) is 1.54. The number of non-ortho nitro benzene ring substituents is 1. The molecule has 1 saturated heterocycles. The zero-order valence-corrected chi connectivity index (χ0v) is 14.6. The number of hydrogen-bond acceptors (Lipinski definition) is 5. The van der Waals surface area contributed by atoms with Gasteiger partial charge in [0.25, 0.3) is 5.69 Å². The van der Waals surface area contributed by atoms with Gasteiger partial charge in [0.1, 0.15) is 0 Å². The molecule has 1 aliphatic heterocycles. The average Bonchev–Trinajstić information content (AvgIpc) is 2.55. The molecule has 1 amide bonds. The van der Waals surface area contributed by atoms with Crippen molar-refractivity contribution in [3.8, 4) is 0 Å². The highest BCUT2D eigenvalue weighted by Crippen LogP contribution is 2.25. The summed E-state index contributed by atoms with van der Waals surface area (Å²) in [4.78, 5) is 23.8. The number of benzene rings is 1. The summed E-state index contributed by atoms with van der Waals surface area (Å²) in [6.07, 6.45) is 1.21. The Hall–Kier alpha value is -2.00. The van der Waals surface area contributed by atoms with E-state index < -0.39 is 14.9 Å². The molecule has 1 aromatic carbocycles. The van der Waals surface area contributed by atoms with Crippen LogP contribution in [0.25, 0.3) is 0 Å². The molecule has 0 saturated carbocycles. The van der Waals surface area contributed by atoms with Gasteiger partial charge in [-0.15, -0.1) is 0 Å². The minimum atomic E-state index is -3.82. The van der Waals surface area contributed by atoms with Crippen LogP contribution in [0.2, 0.25) is 0 Å². The zero-order valence-electron chi connectivity index (χ0n) is 13.8. The SMILES string of the molecule is CCCC(=O)N1CCN(S(=O)(=O)c2cc([N+](=O)[O-])ccc2C)CC1. The Morgan fingerprint density at radius 3 is 2.42 bits per heavy atom. The summed E-state index contributed by atoms with van der Waals surface area (Å²) in [5, 5.41) is 10.9. The summed E-state index contributed by atoms with van der Waals surface area (Å²) < 4.78 is 26.9. The van der Waals surface area contributed by atoms with Crippen molar-refractivity contribution in [2.24, 2.45) is 0 Å². The number of sulfonamides is 1. The van der Waals surface area contributed by atoms with Crippen LogP contribution in [-0.2, 0) is 14.8 Å². The van der Waals surface area contributed by atoms with Gasteiger partial charge in [0.05, 0.1) is 9.82 Å². The van der Waals surface area contributed by atoms with Crippen LogP contribution in [0.3, 0.4) is 0 Å². The zero-order chi connectivity index (χ0) is 17.9. The fraction of sp³-hybridized carbons (Fsp3) is 0.533. The normalized spacial score (nSPS) is 16.2. The second-order valence-corrected chi connectivity index (χ2v) is 7.65. The van der Waals surface area contributed by atoms with E-state index >= 15 is 0 Å². The lowest BCUT2D eigenvalue weighted by Crippen LogP contribution is -2.50. The van der Waals surface area contributed by atoms with Gasteiger partial charge in [0.2, 0.25) is 15.9 Å². The summed E-state index contributed by atoms with van der Waals surface area (Å²) in [7, 11) is -3.82. The molecule has 1 aliphatic rings. The van der Waals surface area contributed by atoms with E-state index in [4.69, 9.17) is 0 Å². The molecule has 132 valence electrons. The van der Waals surface area contributed by atoms with Crippen molar-refractivity contribution in [1.82, 2.24) is 9.21 Å². The lowest BCUT2D eigenvalue weighted by atomic mass is 10.2. The van der Waals surface area contributed by atoms with Crippen LogP contribution in [-0.4, -0.2) is 54.6 Å². The van der Waals surface area contributed by atoms with E-state index in [1.54, 1.807) is 11.8 Å². The fourth-order valence-corrected chi connectivity index (χ4v) is 4.34. The minimum Gasteiger partial charge on any atom is -0.340 e. The average molecular weight is 355 g/mol. The summed E-state index contributed by atoms with van der Waals surface area (Å²) in [5.41, 5.74) is 0.209. The van der Waals surface area contributed by atoms with E-state index in [9.17, 15) is 23.3 Å². The van der Waals surface area contributed by atoms with E-state index in [1.165, 1.54) is 16.4 Å². The van der Waals surface area contributed by atoms with Crippen molar-refractivity contribution in [3.63, 3.8) is 0 Å². The molecule has 2 rings (SSSR count). The number of carbonyl (C=O) groups excluding carboxylic acids is 1. The number of piperazine rings is 1. The highest BCUT2D eigenvalue weighted by Gasteiger charge is 2.31. The maximum atomic E-state index is 12.8. The second-order valence-electron chi connectivity index (χ2n) is 5.74. The lowest BCUT2D eigenvalue weighted by molar-refractivity contribution is -0.385. The maximum Gasteiger partial charge on any atom is 0.270 e. The van der Waals surface area contributed by atoms with Gasteiger partial charge >= 0.3 is 0 Å². The summed E-state index contributed by atoms with van der Waals surface area (Å²) in [6, 6.07) is 3.82. The monoisotopic (exact) mass is 355 g/mol. The van der Waals surface area contributed by atoms with E-state index in [0.717, 1.165) is 12.5 Å². The Balaban J connectivity index is 2.19. The molecule has 0 radical (unpaired) electrons. The first kappa shape index (κ1) is 18.3. The second kappa shape index (κ2) is 7.27. The summed E-state index contributed by atoms with van der Waals surface area (Å²) >= 11 is 0. The first-order valence-corrected chi connectivity index (χ1v) is 9.24. The Morgan fingerprint density at radius 2 is 1.88 bits per heavy atom. The van der Waals surface area contributed by atoms with Crippen LogP contribution in [0.5, 0.6) is 0 Å². The highest BCUT2D eigenvalue weighted by atomic mass is 32.2. The molecule has 8 nitrogen and oxygen atoms in total. The number of amides is 1. The molecule has 0 bridgehead atoms. The topological polar surface area (TPSA) is 101 Å². The molecule has 0 aromatic heterocycles. The summed E-state index contributed by atoms with van der Waals surface area (Å²) in [6.45, 7) is 4.60. The Morgan fingerprint density at radius 1 is 1.25 bits per heavy atom. The van der Waals surface area contributed by atoms with Crippen LogP contribution in [0.15, 0.2) is 23.1 Å². The molecule has 1 aromatic rings. The van der Waals surface area contributed by atoms with Crippen molar-refractivity contribution in [2.75, 3.05) is 26.2 Å². The van der Waals surface area contributed by atoms with Gasteiger partial charge in [-0.3, -0.25) is 14.9 Å². The van der Waals surface area contributed by atoms with Gasteiger partial charge in [0, 0.05) is 44.7 Å². The van der Waals surface area contributed by atoms with Crippen LogP contribution >= 0.6 is 0 Å². The Kier molecular flexibility index (Phi) is 5.55. The Bertz CT molecular complexity index is 739. The van der Waals surface area contributed by atoms with Gasteiger partial charge in [-0.25, -0.2) is 8.42 Å². The molecule has 0 spiro atoms. The Labute approximate surface area is 141 Å². The van der Waals surface area contributed by atoms with Gasteiger partial charge in [-0.2, -0.15) is 4.31 Å². The molecule has 24 heavy (non-hydrogen) atoms. The number of rotatable bonds is 5. The largest absolute Gasteiger partial charge is 0.340 e. The van der Waals surface area contributed by atoms with Gasteiger partial charge in [-0.05, 0) is 18.9 Å². The maximum absolute atomic E-state index is 12.8. The predicted molar refractivity (Wildman–Crippen MR) is 88.1 cm³/mol. The van der Waals surface area contributed by atoms with Crippen molar-refractivity contribution in [1.29, 1.82) is 0 Å². The molecule has 0 aliphatic carbocycles. The molecule has 9 heteroatoms. The van der Waals surface area contributed by atoms with Crippen LogP contribution in [0, 0.1) is 17.0 Å². The fourth-order valence-electron chi connectivity index (χ4n) is 2.67. The number of carbonyl (C=O) groups is 1. The quantitative estimate of drug-likeness (QED) is 0.589. The smallest absolute Gasteiger partial charge is 0.270 e. The lowest BCUT2D eigenvalue weighted by Gasteiger charge is -2.34. The molecule has 1 fully saturated rings. The third-order valence-corrected chi connectivity index (χ3v) is 6.10. The van der Waals surface area contributed by atoms with E-state index in [1.807, 2.05) is 6.92 Å². The summed E-state index contributed by atoms with van der Waals surface area (Å²) in [5.74, 6) is 0.0288. The highest BCUT2D eigenvalue weighted by molar-refractivity contribution is 7.89. The first-order valence-electron chi connectivity index (χ1n) is 7.80. The van der Waals surface area contributed by atoms with Gasteiger partial charge in [-0.1, -0.05) is 13.0 Å². The van der Waals surface area contributed by atoms with Crippen molar-refractivity contribution in [2.45, 2.75) is 31.6 Å². The molecular formula is C15H21N3O5S. The van der Waals surface area contributed by atoms with Crippen molar-refractivity contribution < 1.29 is 18.1 Å². The first-order chi connectivity index (χ1) is 11.3. The number of aryl methyl sites for hydroxylation is 1. The number of nitro groups is 1. The number of nitro benzene ring substituents is 1. The van der Waals surface area contributed by atoms with Crippen LogP contribution in [0.1, 0.15) is 25.3 Å². The number of nitrogens with zero attached hydrogens (tertiary/aromatic N) is 3. The standard InChI is InChI=1S/C15H21N3O5S/c1-3-4-15(19)16-7-9-17(10-8-16)24(22,23)14-11-13(18(20)21)6-5-12(14)2/h5-6,11H,3-4,7-10H2,1-2H3. The molecular weight excluding hydrogens is 334 g/mol. The van der Waals surface area contributed by atoms with E-state index in [2.05, 4.69) is 0 Å². The third-order valence-electron chi connectivity index (χ3n) is 4.06. The minimum absolute atomic E-state index is 0.0288. The molecule has 0 atom stereocenters.